The molecule has 0 spiro atoms. The predicted octanol–water partition coefficient (Wildman–Crippen LogP) is 3.82. The molecule has 2 aromatic carbocycles. The summed E-state index contributed by atoms with van der Waals surface area (Å²) in [5.74, 6) is -0.423. The number of aromatic nitrogens is 2. The number of carbonyl (C=O) groups is 2. The lowest BCUT2D eigenvalue weighted by atomic mass is 9.85. The topological polar surface area (TPSA) is 93.5 Å². The van der Waals surface area contributed by atoms with Crippen LogP contribution in [0.2, 0.25) is 0 Å². The summed E-state index contributed by atoms with van der Waals surface area (Å²) in [6, 6.07) is 10.4. The molecular weight excluding hydrogens is 382 g/mol. The third-order valence-corrected chi connectivity index (χ3v) is 5.69. The van der Waals surface area contributed by atoms with E-state index in [0.717, 1.165) is 16.8 Å². The monoisotopic (exact) mass is 405 g/mol. The summed E-state index contributed by atoms with van der Waals surface area (Å²) in [5, 5.41) is 17.4. The minimum Gasteiger partial charge on any atom is -0.504 e. The van der Waals surface area contributed by atoms with Crippen LogP contribution in [-0.4, -0.2) is 33.7 Å². The Morgan fingerprint density at radius 2 is 2.00 bits per heavy atom. The average Bonchev–Trinajstić information content (AvgIpc) is 3.05. The number of rotatable bonds is 4. The van der Waals surface area contributed by atoms with E-state index in [-0.39, 0.29) is 29.6 Å². The van der Waals surface area contributed by atoms with E-state index >= 15 is 0 Å². The molecular formula is C23H23N3O4. The maximum Gasteiger partial charge on any atom is 0.226 e. The highest BCUT2D eigenvalue weighted by atomic mass is 16.5. The van der Waals surface area contributed by atoms with Crippen molar-refractivity contribution in [1.29, 1.82) is 0 Å². The molecule has 2 heterocycles. The molecule has 1 aromatic heterocycles. The number of aromatic hydroxyl groups is 1. The number of phenolic OH excluding ortho intramolecular Hbond substituents is 1. The zero-order chi connectivity index (χ0) is 21.6. The van der Waals surface area contributed by atoms with Crippen LogP contribution in [0.3, 0.4) is 0 Å². The summed E-state index contributed by atoms with van der Waals surface area (Å²) in [6.07, 6.45) is 0.0361. The number of aryl methyl sites for hydroxylation is 2. The van der Waals surface area contributed by atoms with Crippen molar-refractivity contribution >= 4 is 17.5 Å². The first-order chi connectivity index (χ1) is 14.3. The predicted molar refractivity (Wildman–Crippen MR) is 113 cm³/mol. The van der Waals surface area contributed by atoms with E-state index < -0.39 is 5.92 Å². The van der Waals surface area contributed by atoms with Crippen LogP contribution in [0.15, 0.2) is 36.4 Å². The molecule has 1 aliphatic heterocycles. The second kappa shape index (κ2) is 7.33. The molecule has 0 radical (unpaired) electrons. The SMILES string of the molecule is COc1cc(C(=O)[C@@H]2CC(=O)Nc3c2c(C)nn3-c2cccc(C)c2C)ccc1O. The summed E-state index contributed by atoms with van der Waals surface area (Å²) in [6.45, 7) is 5.87. The number of hydrogen-bond acceptors (Lipinski definition) is 5. The van der Waals surface area contributed by atoms with Crippen molar-refractivity contribution in [2.45, 2.75) is 33.1 Å². The van der Waals surface area contributed by atoms with Gasteiger partial charge in [-0.1, -0.05) is 12.1 Å². The van der Waals surface area contributed by atoms with Gasteiger partial charge in [0.1, 0.15) is 5.82 Å². The normalized spacial score (nSPS) is 15.5. The number of fused-ring (bicyclic) bond motifs is 1. The van der Waals surface area contributed by atoms with Gasteiger partial charge in [0.05, 0.1) is 24.4 Å². The third-order valence-electron chi connectivity index (χ3n) is 5.69. The molecule has 1 amide bonds. The zero-order valence-corrected chi connectivity index (χ0v) is 17.3. The van der Waals surface area contributed by atoms with Crippen LogP contribution in [-0.2, 0) is 4.79 Å². The summed E-state index contributed by atoms with van der Waals surface area (Å²) >= 11 is 0. The van der Waals surface area contributed by atoms with Crippen molar-refractivity contribution in [3.8, 4) is 17.2 Å². The van der Waals surface area contributed by atoms with Gasteiger partial charge in [-0.3, -0.25) is 9.59 Å². The molecule has 30 heavy (non-hydrogen) atoms. The van der Waals surface area contributed by atoms with Gasteiger partial charge in [0.15, 0.2) is 17.3 Å². The molecule has 7 nitrogen and oxygen atoms in total. The van der Waals surface area contributed by atoms with E-state index in [2.05, 4.69) is 10.4 Å². The average molecular weight is 405 g/mol. The summed E-state index contributed by atoms with van der Waals surface area (Å²) in [5.41, 5.74) is 4.80. The largest absolute Gasteiger partial charge is 0.504 e. The minimum absolute atomic E-state index is 0.0361. The van der Waals surface area contributed by atoms with E-state index in [0.29, 0.717) is 22.6 Å². The number of nitrogens with one attached hydrogen (secondary N) is 1. The quantitative estimate of drug-likeness (QED) is 0.644. The van der Waals surface area contributed by atoms with Gasteiger partial charge in [-0.05, 0) is 56.2 Å². The Morgan fingerprint density at radius 3 is 2.73 bits per heavy atom. The molecule has 3 aromatic rings. The van der Waals surface area contributed by atoms with Gasteiger partial charge >= 0.3 is 0 Å². The summed E-state index contributed by atoms with van der Waals surface area (Å²) in [7, 11) is 1.42. The molecule has 0 bridgehead atoms. The Labute approximate surface area is 174 Å². The second-order valence-electron chi connectivity index (χ2n) is 7.53. The van der Waals surface area contributed by atoms with Gasteiger partial charge in [0, 0.05) is 17.5 Å². The van der Waals surface area contributed by atoms with Crippen molar-refractivity contribution in [1.82, 2.24) is 9.78 Å². The number of nitrogens with zero attached hydrogens (tertiary/aromatic N) is 2. The second-order valence-corrected chi connectivity index (χ2v) is 7.53. The standard InChI is InChI=1S/C23H23N3O4/c1-12-6-5-7-17(13(12)2)26-23-21(14(3)25-26)16(11-20(28)24-23)22(29)15-8-9-18(27)19(10-15)30-4/h5-10,16,27H,11H2,1-4H3,(H,24,28)/t16-/m1/s1. The number of ether oxygens (including phenoxy) is 1. The Morgan fingerprint density at radius 1 is 1.23 bits per heavy atom. The van der Waals surface area contributed by atoms with E-state index in [1.54, 1.807) is 4.68 Å². The number of Topliss-reactive ketones (excluding diaryl/α,β-unsaturated/α-hetero) is 1. The van der Waals surface area contributed by atoms with Crippen LogP contribution < -0.4 is 10.1 Å². The fourth-order valence-electron chi connectivity index (χ4n) is 3.94. The van der Waals surface area contributed by atoms with Crippen molar-refractivity contribution in [2.24, 2.45) is 0 Å². The third kappa shape index (κ3) is 3.12. The van der Waals surface area contributed by atoms with Gasteiger partial charge in [-0.15, -0.1) is 0 Å². The molecule has 0 aliphatic carbocycles. The lowest BCUT2D eigenvalue weighted by Crippen LogP contribution is -2.28. The number of amides is 1. The van der Waals surface area contributed by atoms with Crippen molar-refractivity contribution < 1.29 is 19.4 Å². The molecule has 7 heteroatoms. The summed E-state index contributed by atoms with van der Waals surface area (Å²) < 4.78 is 6.84. The van der Waals surface area contributed by atoms with E-state index in [9.17, 15) is 14.7 Å². The van der Waals surface area contributed by atoms with Gasteiger partial charge in [-0.2, -0.15) is 5.10 Å². The molecule has 1 atom stereocenters. The van der Waals surface area contributed by atoms with E-state index in [4.69, 9.17) is 4.74 Å². The van der Waals surface area contributed by atoms with Crippen molar-refractivity contribution in [3.05, 3.63) is 64.3 Å². The van der Waals surface area contributed by atoms with Crippen LogP contribution in [0.1, 0.15) is 45.1 Å². The van der Waals surface area contributed by atoms with Gasteiger partial charge in [-0.25, -0.2) is 4.68 Å². The minimum atomic E-state index is -0.665. The van der Waals surface area contributed by atoms with Crippen LogP contribution in [0.4, 0.5) is 5.82 Å². The Kier molecular flexibility index (Phi) is 4.81. The summed E-state index contributed by atoms with van der Waals surface area (Å²) in [4.78, 5) is 25.9. The smallest absolute Gasteiger partial charge is 0.226 e. The molecule has 4 rings (SSSR count). The molecule has 0 saturated carbocycles. The first kappa shape index (κ1) is 19.7. The number of anilines is 1. The number of hydrogen-bond donors (Lipinski definition) is 2. The fourth-order valence-corrected chi connectivity index (χ4v) is 3.94. The van der Waals surface area contributed by atoms with Crippen molar-refractivity contribution in [3.63, 3.8) is 0 Å². The van der Waals surface area contributed by atoms with Crippen LogP contribution in [0.25, 0.3) is 5.69 Å². The Hall–Kier alpha value is -3.61. The first-order valence-electron chi connectivity index (χ1n) is 9.69. The number of benzene rings is 2. The molecule has 2 N–H and O–H groups in total. The Balaban J connectivity index is 1.83. The lowest BCUT2D eigenvalue weighted by molar-refractivity contribution is -0.116. The maximum absolute atomic E-state index is 13.4. The van der Waals surface area contributed by atoms with Crippen LogP contribution in [0, 0.1) is 20.8 Å². The fraction of sp³-hybridized carbons (Fsp3) is 0.261. The highest BCUT2D eigenvalue weighted by molar-refractivity contribution is 6.08. The number of methoxy groups -OCH3 is 1. The molecule has 1 aliphatic rings. The van der Waals surface area contributed by atoms with Crippen LogP contribution >= 0.6 is 0 Å². The molecule has 0 saturated heterocycles. The van der Waals surface area contributed by atoms with Gasteiger partial charge in [0.25, 0.3) is 0 Å². The van der Waals surface area contributed by atoms with Gasteiger partial charge in [0.2, 0.25) is 5.91 Å². The number of ketones is 1. The molecule has 154 valence electrons. The first-order valence-corrected chi connectivity index (χ1v) is 9.69. The molecule has 0 unspecified atom stereocenters. The number of carbonyl (C=O) groups excluding carboxylic acids is 2. The van der Waals surface area contributed by atoms with E-state index in [1.165, 1.54) is 25.3 Å². The maximum atomic E-state index is 13.4. The zero-order valence-electron chi connectivity index (χ0n) is 17.3. The van der Waals surface area contributed by atoms with Crippen molar-refractivity contribution in [2.75, 3.05) is 12.4 Å². The lowest BCUT2D eigenvalue weighted by Gasteiger charge is -2.23. The highest BCUT2D eigenvalue weighted by Gasteiger charge is 2.36. The number of phenols is 1. The van der Waals surface area contributed by atoms with Crippen LogP contribution in [0.5, 0.6) is 11.5 Å². The highest BCUT2D eigenvalue weighted by Crippen LogP contribution is 2.39. The molecule has 0 fully saturated rings. The van der Waals surface area contributed by atoms with E-state index in [1.807, 2.05) is 39.0 Å². The Bertz CT molecular complexity index is 1180. The van der Waals surface area contributed by atoms with Gasteiger partial charge < -0.3 is 15.2 Å².